The summed E-state index contributed by atoms with van der Waals surface area (Å²) in [5.41, 5.74) is 1.40. The fourth-order valence-electron chi connectivity index (χ4n) is 1.88. The summed E-state index contributed by atoms with van der Waals surface area (Å²) in [5.74, 6) is 0.979. The first-order valence-electron chi connectivity index (χ1n) is 5.10. The SMILES string of the molecule is CC(=O)c1cc2c(cc1O)OCCC2C. The number of hydrogen-bond acceptors (Lipinski definition) is 3. The molecule has 0 radical (unpaired) electrons. The quantitative estimate of drug-likeness (QED) is 0.718. The second-order valence-corrected chi connectivity index (χ2v) is 4.00. The van der Waals surface area contributed by atoms with Gasteiger partial charge in [0.25, 0.3) is 0 Å². The third kappa shape index (κ3) is 1.69. The maximum absolute atomic E-state index is 11.3. The number of phenols is 1. The Hall–Kier alpha value is -1.51. The van der Waals surface area contributed by atoms with Gasteiger partial charge in [0.05, 0.1) is 12.2 Å². The van der Waals surface area contributed by atoms with Gasteiger partial charge in [0, 0.05) is 6.07 Å². The second kappa shape index (κ2) is 3.57. The number of phenolic OH excluding ortho intramolecular Hbond substituents is 1. The van der Waals surface area contributed by atoms with E-state index in [-0.39, 0.29) is 11.5 Å². The third-order valence-corrected chi connectivity index (χ3v) is 2.85. The van der Waals surface area contributed by atoms with E-state index in [0.717, 1.165) is 12.0 Å². The van der Waals surface area contributed by atoms with Crippen LogP contribution in [0.3, 0.4) is 0 Å². The number of carbonyl (C=O) groups excluding carboxylic acids is 1. The van der Waals surface area contributed by atoms with Gasteiger partial charge < -0.3 is 9.84 Å². The zero-order valence-electron chi connectivity index (χ0n) is 8.91. The van der Waals surface area contributed by atoms with E-state index in [1.807, 2.05) is 0 Å². The van der Waals surface area contributed by atoms with Crippen molar-refractivity contribution in [3.63, 3.8) is 0 Å². The molecule has 0 amide bonds. The summed E-state index contributed by atoms with van der Waals surface area (Å²) in [6.07, 6.45) is 0.953. The van der Waals surface area contributed by atoms with E-state index in [9.17, 15) is 9.90 Å². The van der Waals surface area contributed by atoms with Crippen molar-refractivity contribution in [1.82, 2.24) is 0 Å². The number of Topliss-reactive ketones (excluding diaryl/α,β-unsaturated/α-hetero) is 1. The lowest BCUT2D eigenvalue weighted by Gasteiger charge is -2.23. The molecule has 0 aromatic heterocycles. The normalized spacial score (nSPS) is 19.2. The molecule has 1 aromatic carbocycles. The summed E-state index contributed by atoms with van der Waals surface area (Å²) in [6, 6.07) is 3.29. The average molecular weight is 206 g/mol. The molecule has 0 bridgehead atoms. The lowest BCUT2D eigenvalue weighted by Crippen LogP contribution is -2.12. The number of ether oxygens (including phenoxy) is 1. The van der Waals surface area contributed by atoms with Gasteiger partial charge in [0.1, 0.15) is 11.5 Å². The lowest BCUT2D eigenvalue weighted by atomic mass is 9.92. The van der Waals surface area contributed by atoms with E-state index in [0.29, 0.717) is 23.8 Å². The molecule has 3 nitrogen and oxygen atoms in total. The van der Waals surface area contributed by atoms with E-state index in [1.165, 1.54) is 6.92 Å². The number of ketones is 1. The highest BCUT2D eigenvalue weighted by atomic mass is 16.5. The zero-order valence-corrected chi connectivity index (χ0v) is 8.91. The van der Waals surface area contributed by atoms with Crippen LogP contribution in [0.15, 0.2) is 12.1 Å². The van der Waals surface area contributed by atoms with E-state index in [2.05, 4.69) is 6.92 Å². The lowest BCUT2D eigenvalue weighted by molar-refractivity contribution is 0.101. The number of benzene rings is 1. The molecule has 0 saturated heterocycles. The van der Waals surface area contributed by atoms with Crippen LogP contribution in [-0.2, 0) is 0 Å². The monoisotopic (exact) mass is 206 g/mol. The van der Waals surface area contributed by atoms with Gasteiger partial charge in [-0.1, -0.05) is 6.92 Å². The molecule has 1 N–H and O–H groups in total. The maximum atomic E-state index is 11.3. The van der Waals surface area contributed by atoms with E-state index >= 15 is 0 Å². The van der Waals surface area contributed by atoms with Crippen molar-refractivity contribution in [2.75, 3.05) is 6.61 Å². The summed E-state index contributed by atoms with van der Waals surface area (Å²) in [6.45, 7) is 4.23. The smallest absolute Gasteiger partial charge is 0.163 e. The number of carbonyl (C=O) groups is 1. The van der Waals surface area contributed by atoms with Gasteiger partial charge in [-0.05, 0) is 30.9 Å². The second-order valence-electron chi connectivity index (χ2n) is 4.00. The Morgan fingerprint density at radius 2 is 2.27 bits per heavy atom. The van der Waals surface area contributed by atoms with Crippen LogP contribution in [-0.4, -0.2) is 17.5 Å². The van der Waals surface area contributed by atoms with Crippen LogP contribution in [0.25, 0.3) is 0 Å². The Morgan fingerprint density at radius 3 is 2.93 bits per heavy atom. The molecule has 1 unspecified atom stereocenters. The van der Waals surface area contributed by atoms with E-state index in [4.69, 9.17) is 4.74 Å². The molecular weight excluding hydrogens is 192 g/mol. The number of fused-ring (bicyclic) bond motifs is 1. The van der Waals surface area contributed by atoms with Crippen molar-refractivity contribution < 1.29 is 14.6 Å². The number of aromatic hydroxyl groups is 1. The first-order valence-corrected chi connectivity index (χ1v) is 5.10. The van der Waals surface area contributed by atoms with Crippen LogP contribution in [0.1, 0.15) is 42.1 Å². The molecular formula is C12H14O3. The highest BCUT2D eigenvalue weighted by Gasteiger charge is 2.21. The Labute approximate surface area is 88.7 Å². The number of rotatable bonds is 1. The molecule has 2 rings (SSSR count). The first kappa shape index (κ1) is 10.0. The topological polar surface area (TPSA) is 46.5 Å². The molecule has 80 valence electrons. The molecule has 3 heteroatoms. The van der Waals surface area contributed by atoms with Gasteiger partial charge >= 0.3 is 0 Å². The van der Waals surface area contributed by atoms with Gasteiger partial charge in [-0.3, -0.25) is 4.79 Å². The molecule has 1 heterocycles. The van der Waals surface area contributed by atoms with Crippen LogP contribution in [0, 0.1) is 0 Å². The molecule has 0 fully saturated rings. The molecule has 1 aromatic rings. The van der Waals surface area contributed by atoms with Gasteiger partial charge in [-0.2, -0.15) is 0 Å². The summed E-state index contributed by atoms with van der Waals surface area (Å²) in [4.78, 5) is 11.3. The molecule has 1 atom stereocenters. The van der Waals surface area contributed by atoms with Crippen LogP contribution in [0.2, 0.25) is 0 Å². The minimum Gasteiger partial charge on any atom is -0.507 e. The summed E-state index contributed by atoms with van der Waals surface area (Å²) in [7, 11) is 0. The van der Waals surface area contributed by atoms with Crippen molar-refractivity contribution in [1.29, 1.82) is 0 Å². The Bertz CT molecular complexity index is 410. The Morgan fingerprint density at radius 1 is 1.53 bits per heavy atom. The molecule has 15 heavy (non-hydrogen) atoms. The molecule has 0 spiro atoms. The summed E-state index contributed by atoms with van der Waals surface area (Å²) < 4.78 is 5.44. The van der Waals surface area contributed by atoms with E-state index in [1.54, 1.807) is 12.1 Å². The van der Waals surface area contributed by atoms with Gasteiger partial charge in [-0.15, -0.1) is 0 Å². The molecule has 0 saturated carbocycles. The van der Waals surface area contributed by atoms with Crippen LogP contribution in [0.4, 0.5) is 0 Å². The largest absolute Gasteiger partial charge is 0.507 e. The molecule has 1 aliphatic rings. The molecule has 1 aliphatic heterocycles. The predicted molar refractivity (Wildman–Crippen MR) is 56.6 cm³/mol. The highest BCUT2D eigenvalue weighted by Crippen LogP contribution is 2.37. The first-order chi connectivity index (χ1) is 7.09. The standard InChI is InChI=1S/C12H14O3/c1-7-3-4-15-12-6-11(14)10(8(2)13)5-9(7)12/h5-7,14H,3-4H2,1-2H3. The van der Waals surface area contributed by atoms with Gasteiger partial charge in [0.2, 0.25) is 0 Å². The highest BCUT2D eigenvalue weighted by molar-refractivity contribution is 5.97. The van der Waals surface area contributed by atoms with Gasteiger partial charge in [-0.25, -0.2) is 0 Å². The van der Waals surface area contributed by atoms with Crippen molar-refractivity contribution in [3.8, 4) is 11.5 Å². The molecule has 0 aliphatic carbocycles. The third-order valence-electron chi connectivity index (χ3n) is 2.85. The predicted octanol–water partition coefficient (Wildman–Crippen LogP) is 2.48. The van der Waals surface area contributed by atoms with Crippen molar-refractivity contribution in [2.45, 2.75) is 26.2 Å². The average Bonchev–Trinajstić information content (AvgIpc) is 2.16. The van der Waals surface area contributed by atoms with Gasteiger partial charge in [0.15, 0.2) is 5.78 Å². The maximum Gasteiger partial charge on any atom is 0.163 e. The van der Waals surface area contributed by atoms with Crippen LogP contribution >= 0.6 is 0 Å². The minimum atomic E-state index is -0.118. The van der Waals surface area contributed by atoms with Crippen molar-refractivity contribution in [2.24, 2.45) is 0 Å². The minimum absolute atomic E-state index is 0.00958. The summed E-state index contributed by atoms with van der Waals surface area (Å²) >= 11 is 0. The summed E-state index contributed by atoms with van der Waals surface area (Å²) in [5, 5.41) is 9.62. The number of hydrogen-bond donors (Lipinski definition) is 1. The van der Waals surface area contributed by atoms with Crippen LogP contribution in [0.5, 0.6) is 11.5 Å². The van der Waals surface area contributed by atoms with Crippen molar-refractivity contribution in [3.05, 3.63) is 23.3 Å². The Kier molecular flexibility index (Phi) is 2.39. The van der Waals surface area contributed by atoms with Crippen molar-refractivity contribution >= 4 is 5.78 Å². The van der Waals surface area contributed by atoms with Crippen LogP contribution < -0.4 is 4.74 Å². The fraction of sp³-hybridized carbons (Fsp3) is 0.417. The Balaban J connectivity index is 2.55. The van der Waals surface area contributed by atoms with E-state index < -0.39 is 0 Å². The fourth-order valence-corrected chi connectivity index (χ4v) is 1.88. The zero-order chi connectivity index (χ0) is 11.0.